The van der Waals surface area contributed by atoms with Crippen LogP contribution < -0.4 is 11.1 Å². The highest BCUT2D eigenvalue weighted by Crippen LogP contribution is 2.15. The van der Waals surface area contributed by atoms with Crippen molar-refractivity contribution in [1.29, 1.82) is 0 Å². The van der Waals surface area contributed by atoms with Gasteiger partial charge in [-0.25, -0.2) is 0 Å². The van der Waals surface area contributed by atoms with Crippen LogP contribution in [0.4, 0.5) is 0 Å². The van der Waals surface area contributed by atoms with Crippen molar-refractivity contribution >= 4 is 30.7 Å². The molecule has 5 nitrogen and oxygen atoms in total. The van der Waals surface area contributed by atoms with Crippen LogP contribution >= 0.6 is 24.8 Å². The van der Waals surface area contributed by atoms with Gasteiger partial charge in [0.15, 0.2) is 0 Å². The first-order valence-corrected chi connectivity index (χ1v) is 6.13. The van der Waals surface area contributed by atoms with E-state index in [0.29, 0.717) is 6.54 Å². The van der Waals surface area contributed by atoms with Crippen LogP contribution in [0.5, 0.6) is 0 Å². The van der Waals surface area contributed by atoms with Crippen LogP contribution in [-0.4, -0.2) is 54.7 Å². The monoisotopic (exact) mass is 315 g/mol. The van der Waals surface area contributed by atoms with E-state index in [1.54, 1.807) is 13.8 Å². The zero-order chi connectivity index (χ0) is 13.1. The smallest absolute Gasteiger partial charge is 0.239 e. The van der Waals surface area contributed by atoms with E-state index in [1.807, 2.05) is 0 Å². The zero-order valence-electron chi connectivity index (χ0n) is 12.2. The van der Waals surface area contributed by atoms with E-state index >= 15 is 0 Å². The second-order valence-corrected chi connectivity index (χ2v) is 5.82. The standard InChI is InChI=1S/C12H25N3O2.2ClH/c1-11(2,15-5-7-17-8-6-15)9-14-10(16)12(3,4)13;;/h5-9,13H2,1-4H3,(H,14,16);2*1H. The van der Waals surface area contributed by atoms with Crippen LogP contribution in [0.15, 0.2) is 0 Å². The van der Waals surface area contributed by atoms with E-state index in [1.165, 1.54) is 0 Å². The summed E-state index contributed by atoms with van der Waals surface area (Å²) in [6, 6.07) is 0. The summed E-state index contributed by atoms with van der Waals surface area (Å²) in [6.07, 6.45) is 0. The number of amides is 1. The molecule has 0 spiro atoms. The lowest BCUT2D eigenvalue weighted by molar-refractivity contribution is -0.126. The third-order valence-electron chi connectivity index (χ3n) is 3.13. The summed E-state index contributed by atoms with van der Waals surface area (Å²) < 4.78 is 5.33. The predicted molar refractivity (Wildman–Crippen MR) is 82.2 cm³/mol. The van der Waals surface area contributed by atoms with Gasteiger partial charge >= 0.3 is 0 Å². The van der Waals surface area contributed by atoms with Gasteiger partial charge in [-0.2, -0.15) is 0 Å². The number of halogens is 2. The molecule has 0 unspecified atom stereocenters. The molecule has 3 N–H and O–H groups in total. The maximum atomic E-state index is 11.7. The number of nitrogens with zero attached hydrogens (tertiary/aromatic N) is 1. The Morgan fingerprint density at radius 3 is 2.11 bits per heavy atom. The largest absolute Gasteiger partial charge is 0.379 e. The minimum absolute atomic E-state index is 0. The maximum absolute atomic E-state index is 11.7. The van der Waals surface area contributed by atoms with Crippen molar-refractivity contribution in [3.8, 4) is 0 Å². The van der Waals surface area contributed by atoms with Crippen molar-refractivity contribution in [2.75, 3.05) is 32.8 Å². The summed E-state index contributed by atoms with van der Waals surface area (Å²) in [7, 11) is 0. The van der Waals surface area contributed by atoms with E-state index in [-0.39, 0.29) is 36.3 Å². The number of carbonyl (C=O) groups excluding carboxylic acids is 1. The quantitative estimate of drug-likeness (QED) is 0.805. The van der Waals surface area contributed by atoms with E-state index in [2.05, 4.69) is 24.1 Å². The topological polar surface area (TPSA) is 67.6 Å². The third kappa shape index (κ3) is 6.77. The molecule has 0 atom stereocenters. The summed E-state index contributed by atoms with van der Waals surface area (Å²) in [5.41, 5.74) is 4.86. The van der Waals surface area contributed by atoms with Crippen molar-refractivity contribution in [2.45, 2.75) is 38.8 Å². The molecular weight excluding hydrogens is 289 g/mol. The van der Waals surface area contributed by atoms with E-state index in [0.717, 1.165) is 26.3 Å². The number of hydrogen-bond donors (Lipinski definition) is 2. The first-order chi connectivity index (χ1) is 7.73. The molecule has 1 aliphatic rings. The first kappa shape index (κ1) is 21.2. The first-order valence-electron chi connectivity index (χ1n) is 6.13. The lowest BCUT2D eigenvalue weighted by atomic mass is 10.0. The van der Waals surface area contributed by atoms with Crippen LogP contribution in [0.3, 0.4) is 0 Å². The number of rotatable bonds is 4. The van der Waals surface area contributed by atoms with Crippen molar-refractivity contribution in [2.24, 2.45) is 5.73 Å². The molecule has 1 aliphatic heterocycles. The fourth-order valence-electron chi connectivity index (χ4n) is 1.80. The molecule has 1 saturated heterocycles. The molecule has 0 bridgehead atoms. The van der Waals surface area contributed by atoms with Gasteiger partial charge in [-0.05, 0) is 27.7 Å². The Balaban J connectivity index is 0. The van der Waals surface area contributed by atoms with Crippen LogP contribution in [0.1, 0.15) is 27.7 Å². The molecule has 0 saturated carbocycles. The molecule has 19 heavy (non-hydrogen) atoms. The molecule has 0 aromatic heterocycles. The van der Waals surface area contributed by atoms with E-state index in [9.17, 15) is 4.79 Å². The molecular formula is C12H27Cl2N3O2. The van der Waals surface area contributed by atoms with Gasteiger partial charge in [0.25, 0.3) is 0 Å². The summed E-state index contributed by atoms with van der Waals surface area (Å²) in [5, 5.41) is 2.91. The van der Waals surface area contributed by atoms with Crippen molar-refractivity contribution in [1.82, 2.24) is 10.2 Å². The van der Waals surface area contributed by atoms with Crippen molar-refractivity contribution in [3.05, 3.63) is 0 Å². The summed E-state index contributed by atoms with van der Waals surface area (Å²) >= 11 is 0. The molecule has 0 aromatic carbocycles. The number of hydrogen-bond acceptors (Lipinski definition) is 4. The Morgan fingerprint density at radius 1 is 1.21 bits per heavy atom. The summed E-state index contributed by atoms with van der Waals surface area (Å²) in [5.74, 6) is -0.112. The number of nitrogens with two attached hydrogens (primary N) is 1. The second-order valence-electron chi connectivity index (χ2n) is 5.82. The highest BCUT2D eigenvalue weighted by Gasteiger charge is 2.30. The Morgan fingerprint density at radius 2 is 1.68 bits per heavy atom. The molecule has 1 amide bonds. The van der Waals surface area contributed by atoms with Gasteiger partial charge < -0.3 is 15.8 Å². The van der Waals surface area contributed by atoms with Crippen LogP contribution in [0.25, 0.3) is 0 Å². The van der Waals surface area contributed by atoms with Crippen LogP contribution in [0.2, 0.25) is 0 Å². The number of morpholine rings is 1. The average Bonchev–Trinajstić information content (AvgIpc) is 2.26. The third-order valence-corrected chi connectivity index (χ3v) is 3.13. The molecule has 0 aliphatic carbocycles. The minimum Gasteiger partial charge on any atom is -0.379 e. The van der Waals surface area contributed by atoms with Gasteiger partial charge in [0, 0.05) is 25.2 Å². The predicted octanol–water partition coefficient (Wildman–Crippen LogP) is 0.794. The van der Waals surface area contributed by atoms with Gasteiger partial charge in [-0.1, -0.05) is 0 Å². The molecule has 7 heteroatoms. The highest BCUT2D eigenvalue weighted by atomic mass is 35.5. The lowest BCUT2D eigenvalue weighted by Gasteiger charge is -2.41. The lowest BCUT2D eigenvalue weighted by Crippen LogP contribution is -2.58. The van der Waals surface area contributed by atoms with Gasteiger partial charge in [0.05, 0.1) is 18.8 Å². The Hall–Kier alpha value is -0.0700. The average molecular weight is 316 g/mol. The van der Waals surface area contributed by atoms with Crippen molar-refractivity contribution < 1.29 is 9.53 Å². The van der Waals surface area contributed by atoms with Crippen molar-refractivity contribution in [3.63, 3.8) is 0 Å². The van der Waals surface area contributed by atoms with Crippen LogP contribution in [-0.2, 0) is 9.53 Å². The molecule has 0 radical (unpaired) electrons. The van der Waals surface area contributed by atoms with E-state index in [4.69, 9.17) is 10.5 Å². The van der Waals surface area contributed by atoms with Gasteiger partial charge in [0.2, 0.25) is 5.91 Å². The molecule has 0 aromatic rings. The SMILES string of the molecule is CC(C)(N)C(=O)NCC(C)(C)N1CCOCC1.Cl.Cl. The minimum atomic E-state index is -0.818. The fraction of sp³-hybridized carbons (Fsp3) is 0.917. The Bertz CT molecular complexity index is 275. The van der Waals surface area contributed by atoms with Gasteiger partial charge in [0.1, 0.15) is 0 Å². The zero-order valence-corrected chi connectivity index (χ0v) is 13.8. The maximum Gasteiger partial charge on any atom is 0.239 e. The summed E-state index contributed by atoms with van der Waals surface area (Å²) in [6.45, 7) is 11.6. The molecule has 1 rings (SSSR count). The summed E-state index contributed by atoms with van der Waals surface area (Å²) in [4.78, 5) is 14.0. The number of nitrogens with one attached hydrogen (secondary N) is 1. The van der Waals surface area contributed by atoms with Gasteiger partial charge in [-0.3, -0.25) is 9.69 Å². The molecule has 116 valence electrons. The molecule has 1 fully saturated rings. The Labute approximate surface area is 128 Å². The number of ether oxygens (including phenoxy) is 1. The Kier molecular flexibility index (Phi) is 9.24. The fourth-order valence-corrected chi connectivity index (χ4v) is 1.80. The van der Waals surface area contributed by atoms with E-state index < -0.39 is 5.54 Å². The van der Waals surface area contributed by atoms with Crippen LogP contribution in [0, 0.1) is 0 Å². The second kappa shape index (κ2) is 8.27. The normalized spacial score (nSPS) is 17.1. The number of carbonyl (C=O) groups is 1. The molecule has 1 heterocycles. The van der Waals surface area contributed by atoms with Gasteiger partial charge in [-0.15, -0.1) is 24.8 Å². The highest BCUT2D eigenvalue weighted by molar-refractivity contribution is 5.86.